The molecule has 2 N–H and O–H groups in total. The minimum atomic E-state index is -3.31. The van der Waals surface area contributed by atoms with Crippen molar-refractivity contribution in [3.8, 4) is 0 Å². The maximum absolute atomic E-state index is 12.6. The van der Waals surface area contributed by atoms with E-state index in [4.69, 9.17) is 5.73 Å². The Hall–Kier alpha value is -1.45. The van der Waals surface area contributed by atoms with Crippen LogP contribution in [0.3, 0.4) is 0 Å². The van der Waals surface area contributed by atoms with Gasteiger partial charge in [-0.2, -0.15) is 22.0 Å². The van der Waals surface area contributed by atoms with E-state index in [-0.39, 0.29) is 11.9 Å². The van der Waals surface area contributed by atoms with E-state index in [2.05, 4.69) is 28.7 Å². The predicted octanol–water partition coefficient (Wildman–Crippen LogP) is 0.645. The molecule has 1 aromatic rings. The fourth-order valence-corrected chi connectivity index (χ4v) is 4.83. The van der Waals surface area contributed by atoms with Gasteiger partial charge in [-0.15, -0.1) is 0 Å². The third-order valence-electron chi connectivity index (χ3n) is 4.62. The van der Waals surface area contributed by atoms with Gasteiger partial charge in [0.2, 0.25) is 5.95 Å². The minimum Gasteiger partial charge on any atom is -0.368 e. The summed E-state index contributed by atoms with van der Waals surface area (Å²) in [6.07, 6.45) is 1.91. The fraction of sp³-hybridized carbons (Fsp3) is 0.733. The van der Waals surface area contributed by atoms with Crippen LogP contribution >= 0.6 is 0 Å². The molecule has 24 heavy (non-hydrogen) atoms. The zero-order valence-corrected chi connectivity index (χ0v) is 15.2. The molecular weight excluding hydrogens is 328 g/mol. The fourth-order valence-electron chi connectivity index (χ4n) is 3.16. The third kappa shape index (κ3) is 3.47. The Morgan fingerprint density at radius 1 is 1.00 bits per heavy atom. The Bertz CT molecular complexity index is 679. The van der Waals surface area contributed by atoms with E-state index >= 15 is 0 Å². The number of nitrogen functional groups attached to an aromatic ring is 1. The first kappa shape index (κ1) is 17.4. The van der Waals surface area contributed by atoms with Crippen molar-refractivity contribution >= 4 is 22.0 Å². The van der Waals surface area contributed by atoms with Crippen LogP contribution in [0.1, 0.15) is 38.3 Å². The van der Waals surface area contributed by atoms with Crippen molar-refractivity contribution in [2.45, 2.75) is 32.6 Å². The summed E-state index contributed by atoms with van der Waals surface area (Å²) in [5.41, 5.74) is 6.73. The summed E-state index contributed by atoms with van der Waals surface area (Å²) in [7, 11) is -3.31. The second kappa shape index (κ2) is 6.81. The van der Waals surface area contributed by atoms with Crippen molar-refractivity contribution in [2.75, 3.05) is 49.9 Å². The van der Waals surface area contributed by atoms with Gasteiger partial charge in [-0.3, -0.25) is 0 Å². The van der Waals surface area contributed by atoms with Crippen LogP contribution in [0.2, 0.25) is 0 Å². The van der Waals surface area contributed by atoms with Crippen LogP contribution in [0.25, 0.3) is 0 Å². The lowest BCUT2D eigenvalue weighted by atomic mass is 10.1. The largest absolute Gasteiger partial charge is 0.368 e. The van der Waals surface area contributed by atoms with Gasteiger partial charge in [0.1, 0.15) is 5.82 Å². The Kier molecular flexibility index (Phi) is 4.93. The molecule has 8 nitrogen and oxygen atoms in total. The smallest absolute Gasteiger partial charge is 0.282 e. The van der Waals surface area contributed by atoms with Gasteiger partial charge in [-0.05, 0) is 18.8 Å². The van der Waals surface area contributed by atoms with Crippen LogP contribution in [0.4, 0.5) is 11.8 Å². The van der Waals surface area contributed by atoms with E-state index in [9.17, 15) is 8.42 Å². The standard InChI is InChI=1S/C15H26N6O2S/c1-12(2)13-11-14(18-15(16)17-13)19-7-9-21(10-8-19)24(22,23)20-5-3-4-6-20/h11-12H,3-10H2,1-2H3,(H2,16,17,18). The summed E-state index contributed by atoms with van der Waals surface area (Å²) in [5.74, 6) is 1.32. The highest BCUT2D eigenvalue weighted by Gasteiger charge is 2.34. The molecule has 2 fully saturated rings. The summed E-state index contributed by atoms with van der Waals surface area (Å²) >= 11 is 0. The van der Waals surface area contributed by atoms with E-state index in [1.54, 1.807) is 8.61 Å². The lowest BCUT2D eigenvalue weighted by Crippen LogP contribution is -2.52. The van der Waals surface area contributed by atoms with Crippen molar-refractivity contribution in [2.24, 2.45) is 0 Å². The number of piperazine rings is 1. The minimum absolute atomic E-state index is 0.267. The predicted molar refractivity (Wildman–Crippen MR) is 94.0 cm³/mol. The van der Waals surface area contributed by atoms with Gasteiger partial charge in [0.05, 0.1) is 5.69 Å². The molecule has 0 spiro atoms. The Morgan fingerprint density at radius 2 is 1.58 bits per heavy atom. The molecule has 0 unspecified atom stereocenters. The van der Waals surface area contributed by atoms with E-state index in [1.807, 2.05) is 6.07 Å². The highest BCUT2D eigenvalue weighted by molar-refractivity contribution is 7.86. The maximum atomic E-state index is 12.6. The Balaban J connectivity index is 1.69. The van der Waals surface area contributed by atoms with Crippen molar-refractivity contribution in [3.63, 3.8) is 0 Å². The van der Waals surface area contributed by atoms with E-state index in [0.717, 1.165) is 24.4 Å². The number of hydrogen-bond acceptors (Lipinski definition) is 6. The summed E-state index contributed by atoms with van der Waals surface area (Å²) in [6.45, 7) is 7.57. The van der Waals surface area contributed by atoms with Gasteiger partial charge in [-0.25, -0.2) is 4.98 Å². The van der Waals surface area contributed by atoms with Crippen LogP contribution in [-0.2, 0) is 10.2 Å². The molecule has 0 bridgehead atoms. The van der Waals surface area contributed by atoms with Crippen LogP contribution in [0.5, 0.6) is 0 Å². The molecular formula is C15H26N6O2S. The van der Waals surface area contributed by atoms with Crippen molar-refractivity contribution < 1.29 is 8.42 Å². The summed E-state index contributed by atoms with van der Waals surface area (Å²) in [4.78, 5) is 10.7. The van der Waals surface area contributed by atoms with Crippen LogP contribution in [0, 0.1) is 0 Å². The van der Waals surface area contributed by atoms with Crippen molar-refractivity contribution in [3.05, 3.63) is 11.8 Å². The second-order valence-electron chi connectivity index (χ2n) is 6.66. The first-order chi connectivity index (χ1) is 11.4. The molecule has 0 aliphatic carbocycles. The number of aromatic nitrogens is 2. The summed E-state index contributed by atoms with van der Waals surface area (Å²) in [6, 6.07) is 1.95. The molecule has 3 heterocycles. The molecule has 134 valence electrons. The van der Waals surface area contributed by atoms with Gasteiger partial charge < -0.3 is 10.6 Å². The number of nitrogens with two attached hydrogens (primary N) is 1. The zero-order chi connectivity index (χ0) is 17.3. The molecule has 0 saturated carbocycles. The molecule has 0 aromatic carbocycles. The van der Waals surface area contributed by atoms with Crippen molar-refractivity contribution in [1.82, 2.24) is 18.6 Å². The monoisotopic (exact) mass is 354 g/mol. The van der Waals surface area contributed by atoms with Crippen LogP contribution in [-0.4, -0.2) is 66.3 Å². The molecule has 2 saturated heterocycles. The number of anilines is 2. The van der Waals surface area contributed by atoms with Crippen LogP contribution < -0.4 is 10.6 Å². The van der Waals surface area contributed by atoms with Gasteiger partial charge >= 0.3 is 0 Å². The van der Waals surface area contributed by atoms with E-state index < -0.39 is 10.2 Å². The average molecular weight is 354 g/mol. The number of nitrogens with zero attached hydrogens (tertiary/aromatic N) is 5. The highest BCUT2D eigenvalue weighted by Crippen LogP contribution is 2.23. The number of rotatable bonds is 4. The van der Waals surface area contributed by atoms with E-state index in [0.29, 0.717) is 39.3 Å². The zero-order valence-electron chi connectivity index (χ0n) is 14.3. The quantitative estimate of drug-likeness (QED) is 0.853. The Labute approximate surface area is 143 Å². The molecule has 3 rings (SSSR count). The molecule has 0 atom stereocenters. The molecule has 9 heteroatoms. The Morgan fingerprint density at radius 3 is 2.17 bits per heavy atom. The molecule has 2 aliphatic rings. The van der Waals surface area contributed by atoms with Gasteiger partial charge in [0, 0.05) is 45.3 Å². The maximum Gasteiger partial charge on any atom is 0.282 e. The summed E-state index contributed by atoms with van der Waals surface area (Å²) in [5, 5.41) is 0. The number of hydrogen-bond donors (Lipinski definition) is 1. The van der Waals surface area contributed by atoms with E-state index in [1.165, 1.54) is 0 Å². The topological polar surface area (TPSA) is 95.7 Å². The molecule has 1 aromatic heterocycles. The van der Waals surface area contributed by atoms with Gasteiger partial charge in [0.25, 0.3) is 10.2 Å². The van der Waals surface area contributed by atoms with Crippen LogP contribution in [0.15, 0.2) is 6.07 Å². The first-order valence-corrected chi connectivity index (χ1v) is 9.92. The van der Waals surface area contributed by atoms with Gasteiger partial charge in [0.15, 0.2) is 0 Å². The molecule has 0 radical (unpaired) electrons. The van der Waals surface area contributed by atoms with Gasteiger partial charge in [-0.1, -0.05) is 13.8 Å². The average Bonchev–Trinajstić information content (AvgIpc) is 3.09. The van der Waals surface area contributed by atoms with Crippen molar-refractivity contribution in [1.29, 1.82) is 0 Å². The highest BCUT2D eigenvalue weighted by atomic mass is 32.2. The second-order valence-corrected chi connectivity index (χ2v) is 8.59. The molecule has 0 amide bonds. The summed E-state index contributed by atoms with van der Waals surface area (Å²) < 4.78 is 28.4. The third-order valence-corrected chi connectivity index (χ3v) is 6.66. The SMILES string of the molecule is CC(C)c1cc(N2CCN(S(=O)(=O)N3CCCC3)CC2)nc(N)n1. The lowest BCUT2D eigenvalue weighted by Gasteiger charge is -2.36. The molecule has 2 aliphatic heterocycles. The first-order valence-electron chi connectivity index (χ1n) is 8.52. The lowest BCUT2D eigenvalue weighted by molar-refractivity contribution is 0.343. The normalized spacial score (nSPS) is 20.9.